The number of hydrogen-bond donors (Lipinski definition) is 1. The van der Waals surface area contributed by atoms with Gasteiger partial charge in [0.1, 0.15) is 16.8 Å². The van der Waals surface area contributed by atoms with Crippen LogP contribution in [0.25, 0.3) is 0 Å². The van der Waals surface area contributed by atoms with E-state index in [0.29, 0.717) is 31.0 Å². The van der Waals surface area contributed by atoms with E-state index in [0.717, 1.165) is 5.56 Å². The van der Waals surface area contributed by atoms with Crippen LogP contribution in [0.3, 0.4) is 0 Å². The van der Waals surface area contributed by atoms with E-state index >= 15 is 0 Å². The van der Waals surface area contributed by atoms with Crippen molar-refractivity contribution in [3.05, 3.63) is 34.5 Å². The Balaban J connectivity index is 2.05. The van der Waals surface area contributed by atoms with E-state index < -0.39 is 0 Å². The Bertz CT molecular complexity index is 596. The molecule has 19 heavy (non-hydrogen) atoms. The average molecular weight is 280 g/mol. The normalized spacial score (nSPS) is 10.5. The molecule has 7 heteroatoms. The van der Waals surface area contributed by atoms with E-state index in [-0.39, 0.29) is 10.7 Å². The molecular weight excluding hydrogens is 266 g/mol. The first-order chi connectivity index (χ1) is 9.10. The summed E-state index contributed by atoms with van der Waals surface area (Å²) >= 11 is 5.89. The Morgan fingerprint density at radius 3 is 2.84 bits per heavy atom. The van der Waals surface area contributed by atoms with Crippen LogP contribution in [-0.4, -0.2) is 32.6 Å². The minimum atomic E-state index is 0.167. The molecule has 100 valence electrons. The molecule has 0 spiro atoms. The first-order valence-corrected chi connectivity index (χ1v) is 6.20. The van der Waals surface area contributed by atoms with Gasteiger partial charge in [-0.05, 0) is 19.4 Å². The lowest BCUT2D eigenvalue weighted by Crippen LogP contribution is -2.14. The molecule has 0 saturated carbocycles. The molecule has 0 aliphatic carbocycles. The molecule has 0 aliphatic heterocycles. The predicted molar refractivity (Wildman–Crippen MR) is 72.6 cm³/mol. The molecule has 0 aromatic carbocycles. The molecule has 0 amide bonds. The molecule has 6 nitrogen and oxygen atoms in total. The van der Waals surface area contributed by atoms with E-state index in [2.05, 4.69) is 20.4 Å². The molecule has 0 aliphatic rings. The van der Waals surface area contributed by atoms with Gasteiger partial charge in [0, 0.05) is 12.7 Å². The molecule has 2 rings (SSSR count). The van der Waals surface area contributed by atoms with Crippen molar-refractivity contribution in [2.24, 2.45) is 0 Å². The smallest absolute Gasteiger partial charge is 0.156 e. The van der Waals surface area contributed by atoms with Crippen LogP contribution in [-0.2, 0) is 6.54 Å². The van der Waals surface area contributed by atoms with E-state index in [1.807, 2.05) is 17.8 Å². The summed E-state index contributed by atoms with van der Waals surface area (Å²) in [6.45, 7) is 4.97. The van der Waals surface area contributed by atoms with Gasteiger partial charge in [0.05, 0.1) is 18.3 Å². The van der Waals surface area contributed by atoms with Gasteiger partial charge in [-0.1, -0.05) is 11.6 Å². The summed E-state index contributed by atoms with van der Waals surface area (Å²) < 4.78 is 1.82. The summed E-state index contributed by atoms with van der Waals surface area (Å²) in [5, 5.41) is 7.42. The number of aromatic nitrogens is 4. The molecule has 0 saturated heterocycles. The first-order valence-electron chi connectivity index (χ1n) is 5.82. The lowest BCUT2D eigenvalue weighted by Gasteiger charge is -2.09. The second-order valence-corrected chi connectivity index (χ2v) is 4.51. The van der Waals surface area contributed by atoms with Gasteiger partial charge in [0.2, 0.25) is 0 Å². The van der Waals surface area contributed by atoms with Gasteiger partial charge in [-0.25, -0.2) is 9.97 Å². The number of rotatable bonds is 5. The lowest BCUT2D eigenvalue weighted by molar-refractivity contribution is 0.112. The molecule has 0 bridgehead atoms. The molecule has 2 aromatic heterocycles. The van der Waals surface area contributed by atoms with Crippen LogP contribution in [0.15, 0.2) is 12.4 Å². The third-order valence-electron chi connectivity index (χ3n) is 2.52. The highest BCUT2D eigenvalue weighted by Gasteiger charge is 2.10. The van der Waals surface area contributed by atoms with E-state index in [9.17, 15) is 4.79 Å². The topological polar surface area (TPSA) is 72.7 Å². The number of halogens is 1. The van der Waals surface area contributed by atoms with Gasteiger partial charge in [0.15, 0.2) is 6.29 Å². The third kappa shape index (κ3) is 3.29. The lowest BCUT2D eigenvalue weighted by atomic mass is 10.3. The Labute approximate surface area is 115 Å². The minimum absolute atomic E-state index is 0.167. The predicted octanol–water partition coefficient (Wildman–Crippen LogP) is 1.87. The average Bonchev–Trinajstić information content (AvgIpc) is 2.74. The van der Waals surface area contributed by atoms with E-state index in [1.54, 1.807) is 13.1 Å². The Hall–Kier alpha value is -1.95. The molecular formula is C12H14ClN5O. The number of anilines is 1. The van der Waals surface area contributed by atoms with Crippen molar-refractivity contribution in [3.63, 3.8) is 0 Å². The molecule has 1 N–H and O–H groups in total. The SMILES string of the molecule is Cc1cnn(CCNc2nc(C)nc(Cl)c2C=O)c1. The van der Waals surface area contributed by atoms with Crippen LogP contribution in [0.5, 0.6) is 0 Å². The van der Waals surface area contributed by atoms with Crippen LogP contribution in [0.1, 0.15) is 21.7 Å². The summed E-state index contributed by atoms with van der Waals surface area (Å²) in [5.41, 5.74) is 1.39. The molecule has 0 atom stereocenters. The zero-order valence-corrected chi connectivity index (χ0v) is 11.5. The second-order valence-electron chi connectivity index (χ2n) is 4.15. The first kappa shape index (κ1) is 13.5. The number of nitrogens with one attached hydrogen (secondary N) is 1. The maximum atomic E-state index is 11.0. The number of hydrogen-bond acceptors (Lipinski definition) is 5. The zero-order chi connectivity index (χ0) is 13.8. The molecule has 0 fully saturated rings. The van der Waals surface area contributed by atoms with Gasteiger partial charge in [-0.3, -0.25) is 9.48 Å². The quantitative estimate of drug-likeness (QED) is 0.668. The van der Waals surface area contributed by atoms with Crippen molar-refractivity contribution in [1.29, 1.82) is 0 Å². The van der Waals surface area contributed by atoms with Gasteiger partial charge in [-0.2, -0.15) is 5.10 Å². The highest BCUT2D eigenvalue weighted by Crippen LogP contribution is 2.18. The standard InChI is InChI=1S/C12H14ClN5O/c1-8-5-15-18(6-8)4-3-14-12-10(7-19)11(13)16-9(2)17-12/h5-7H,3-4H2,1-2H3,(H,14,16,17). The molecule has 2 heterocycles. The van der Waals surface area contributed by atoms with Crippen LogP contribution in [0, 0.1) is 13.8 Å². The van der Waals surface area contributed by atoms with E-state index in [4.69, 9.17) is 11.6 Å². The molecule has 2 aromatic rings. The maximum Gasteiger partial charge on any atom is 0.156 e. The summed E-state index contributed by atoms with van der Waals surface area (Å²) in [7, 11) is 0. The molecule has 0 unspecified atom stereocenters. The highest BCUT2D eigenvalue weighted by molar-refractivity contribution is 6.32. The fraction of sp³-hybridized carbons (Fsp3) is 0.333. The second kappa shape index (κ2) is 5.79. The largest absolute Gasteiger partial charge is 0.367 e. The third-order valence-corrected chi connectivity index (χ3v) is 2.81. The van der Waals surface area contributed by atoms with Crippen molar-refractivity contribution in [2.75, 3.05) is 11.9 Å². The Kier molecular flexibility index (Phi) is 4.11. The fourth-order valence-corrected chi connectivity index (χ4v) is 1.92. The van der Waals surface area contributed by atoms with E-state index in [1.165, 1.54) is 0 Å². The number of aryl methyl sites for hydroxylation is 2. The van der Waals surface area contributed by atoms with Crippen molar-refractivity contribution in [3.8, 4) is 0 Å². The molecule has 0 radical (unpaired) electrons. The van der Waals surface area contributed by atoms with Gasteiger partial charge in [-0.15, -0.1) is 0 Å². The number of carbonyl (C=O) groups excluding carboxylic acids is 1. The van der Waals surface area contributed by atoms with Crippen LogP contribution >= 0.6 is 11.6 Å². The zero-order valence-electron chi connectivity index (χ0n) is 10.7. The fourth-order valence-electron chi connectivity index (χ4n) is 1.66. The van der Waals surface area contributed by atoms with Crippen LogP contribution in [0.4, 0.5) is 5.82 Å². The Morgan fingerprint density at radius 2 is 2.21 bits per heavy atom. The van der Waals surface area contributed by atoms with Crippen molar-refractivity contribution in [1.82, 2.24) is 19.7 Å². The minimum Gasteiger partial charge on any atom is -0.367 e. The van der Waals surface area contributed by atoms with Crippen molar-refractivity contribution < 1.29 is 4.79 Å². The summed E-state index contributed by atoms with van der Waals surface area (Å²) in [5.74, 6) is 0.976. The summed E-state index contributed by atoms with van der Waals surface area (Å²) in [6, 6.07) is 0. The van der Waals surface area contributed by atoms with Crippen LogP contribution < -0.4 is 5.32 Å². The number of carbonyl (C=O) groups is 1. The summed E-state index contributed by atoms with van der Waals surface area (Å²) in [4.78, 5) is 19.1. The van der Waals surface area contributed by atoms with Gasteiger partial charge >= 0.3 is 0 Å². The Morgan fingerprint density at radius 1 is 1.42 bits per heavy atom. The number of nitrogens with zero attached hydrogens (tertiary/aromatic N) is 4. The van der Waals surface area contributed by atoms with Gasteiger partial charge in [0.25, 0.3) is 0 Å². The highest BCUT2D eigenvalue weighted by atomic mass is 35.5. The van der Waals surface area contributed by atoms with Crippen LogP contribution in [0.2, 0.25) is 5.15 Å². The van der Waals surface area contributed by atoms with Crippen molar-refractivity contribution >= 4 is 23.7 Å². The van der Waals surface area contributed by atoms with Crippen molar-refractivity contribution in [2.45, 2.75) is 20.4 Å². The maximum absolute atomic E-state index is 11.0. The number of aldehydes is 1. The van der Waals surface area contributed by atoms with Gasteiger partial charge < -0.3 is 5.32 Å². The summed E-state index contributed by atoms with van der Waals surface area (Å²) in [6.07, 6.45) is 4.39. The monoisotopic (exact) mass is 279 g/mol.